The highest BCUT2D eigenvalue weighted by Crippen LogP contribution is 2.30. The number of benzene rings is 2. The average molecular weight is 412 g/mol. The van der Waals surface area contributed by atoms with E-state index in [9.17, 15) is 9.59 Å². The van der Waals surface area contributed by atoms with Crippen LogP contribution in [0.15, 0.2) is 48.5 Å². The Morgan fingerprint density at radius 2 is 1.23 bits per heavy atom. The van der Waals surface area contributed by atoms with Crippen LogP contribution in [-0.2, 0) is 22.6 Å². The van der Waals surface area contributed by atoms with E-state index in [4.69, 9.17) is 14.2 Å². The van der Waals surface area contributed by atoms with Crippen LogP contribution in [0, 0.1) is 0 Å². The molecule has 0 saturated heterocycles. The van der Waals surface area contributed by atoms with E-state index >= 15 is 0 Å². The molecule has 0 N–H and O–H groups in total. The molecule has 0 spiro atoms. The summed E-state index contributed by atoms with van der Waals surface area (Å²) in [6.07, 6.45) is -0.164. The zero-order chi connectivity index (χ0) is 21.3. The molecule has 0 unspecified atom stereocenters. The highest BCUT2D eigenvalue weighted by molar-refractivity contribution is 5.68. The number of carbonyl (C=O) groups excluding carboxylic acids is 2. The second-order valence-electron chi connectivity index (χ2n) is 6.91. The third-order valence-electron chi connectivity index (χ3n) is 4.80. The van der Waals surface area contributed by atoms with Crippen molar-refractivity contribution in [2.45, 2.75) is 33.4 Å². The molecule has 7 heteroatoms. The molecule has 3 rings (SSSR count). The summed E-state index contributed by atoms with van der Waals surface area (Å²) in [5.74, 6) is 1.34. The number of hydrogen-bond donors (Lipinski definition) is 0. The largest absolute Gasteiger partial charge is 0.457 e. The molecule has 1 heterocycles. The van der Waals surface area contributed by atoms with Crippen LogP contribution in [0.5, 0.6) is 11.5 Å². The van der Waals surface area contributed by atoms with Crippen LogP contribution in [0.1, 0.15) is 31.4 Å². The average Bonchev–Trinajstić information content (AvgIpc) is 2.74. The fraction of sp³-hybridized carbons (Fsp3) is 0.391. The van der Waals surface area contributed by atoms with Gasteiger partial charge < -0.3 is 24.0 Å². The van der Waals surface area contributed by atoms with Gasteiger partial charge in [0.15, 0.2) is 0 Å². The summed E-state index contributed by atoms with van der Waals surface area (Å²) < 4.78 is 16.7. The van der Waals surface area contributed by atoms with E-state index in [1.807, 2.05) is 48.5 Å². The number of rotatable bonds is 2. The lowest BCUT2D eigenvalue weighted by atomic mass is 10.1. The first-order valence-corrected chi connectivity index (χ1v) is 10.3. The monoisotopic (exact) mass is 412 g/mol. The maximum atomic E-state index is 12.5. The number of ether oxygens (including phenoxy) is 3. The van der Waals surface area contributed by atoms with Gasteiger partial charge in [-0.3, -0.25) is 0 Å². The van der Waals surface area contributed by atoms with Gasteiger partial charge in [0.05, 0.1) is 26.3 Å². The molecule has 7 nitrogen and oxygen atoms in total. The van der Waals surface area contributed by atoms with E-state index in [-0.39, 0.29) is 12.2 Å². The Morgan fingerprint density at radius 1 is 0.800 bits per heavy atom. The van der Waals surface area contributed by atoms with Crippen molar-refractivity contribution in [3.8, 4) is 11.5 Å². The fourth-order valence-electron chi connectivity index (χ4n) is 3.35. The zero-order valence-corrected chi connectivity index (χ0v) is 17.5. The minimum atomic E-state index is -0.382. The Morgan fingerprint density at radius 3 is 1.67 bits per heavy atom. The van der Waals surface area contributed by atoms with E-state index in [0.717, 1.165) is 11.1 Å². The van der Waals surface area contributed by atoms with Gasteiger partial charge in [-0.2, -0.15) is 0 Å². The summed E-state index contributed by atoms with van der Waals surface area (Å²) in [6.45, 7) is 5.78. The topological polar surface area (TPSA) is 68.3 Å². The van der Waals surface area contributed by atoms with Crippen molar-refractivity contribution in [2.24, 2.45) is 0 Å². The lowest BCUT2D eigenvalue weighted by Gasteiger charge is -2.27. The van der Waals surface area contributed by atoms with Crippen LogP contribution in [0.25, 0.3) is 0 Å². The van der Waals surface area contributed by atoms with Crippen molar-refractivity contribution < 1.29 is 23.8 Å². The van der Waals surface area contributed by atoms with Crippen molar-refractivity contribution in [3.05, 3.63) is 59.7 Å². The zero-order valence-electron chi connectivity index (χ0n) is 17.5. The first-order chi connectivity index (χ1) is 14.6. The minimum absolute atomic E-state index is 0.301. The first-order valence-electron chi connectivity index (χ1n) is 10.3. The third-order valence-corrected chi connectivity index (χ3v) is 4.80. The molecule has 2 aromatic rings. The Bertz CT molecular complexity index is 801. The van der Waals surface area contributed by atoms with Crippen LogP contribution < -0.4 is 4.74 Å². The molecule has 0 aromatic heterocycles. The number of fused-ring (bicyclic) bond motifs is 2. The smallest absolute Gasteiger partial charge is 0.410 e. The highest BCUT2D eigenvalue weighted by atomic mass is 16.6. The summed E-state index contributed by atoms with van der Waals surface area (Å²) in [7, 11) is 0. The SMILES string of the molecule is CCOC(=O)N1CCCN(C(=O)OCC)Cc2ccccc2Oc2ccccc2C1. The lowest BCUT2D eigenvalue weighted by molar-refractivity contribution is 0.0938. The van der Waals surface area contributed by atoms with Gasteiger partial charge in [0.1, 0.15) is 11.5 Å². The van der Waals surface area contributed by atoms with Crippen molar-refractivity contribution in [2.75, 3.05) is 26.3 Å². The third kappa shape index (κ3) is 5.43. The van der Waals surface area contributed by atoms with Gasteiger partial charge in [0, 0.05) is 24.2 Å². The van der Waals surface area contributed by atoms with E-state index in [2.05, 4.69) is 0 Å². The molecule has 160 valence electrons. The Labute approximate surface area is 177 Å². The van der Waals surface area contributed by atoms with E-state index in [1.54, 1.807) is 23.6 Å². The molecular weight excluding hydrogens is 384 g/mol. The molecule has 0 atom stereocenters. The Balaban J connectivity index is 1.97. The summed E-state index contributed by atoms with van der Waals surface area (Å²) in [6, 6.07) is 15.3. The number of amides is 2. The predicted octanol–water partition coefficient (Wildman–Crippen LogP) is 4.80. The Hall–Kier alpha value is -3.22. The molecule has 30 heavy (non-hydrogen) atoms. The standard InChI is InChI=1S/C23H28N2O5/c1-3-28-22(26)24-14-9-15-25(23(27)29-4-2)17-19-11-6-8-13-21(19)30-20-12-7-5-10-18(20)16-24/h5-8,10-13H,3-4,9,14-17H2,1-2H3. The summed E-state index contributed by atoms with van der Waals surface area (Å²) >= 11 is 0. The van der Waals surface area contributed by atoms with Crippen LogP contribution in [0.2, 0.25) is 0 Å². The molecule has 0 bridgehead atoms. The first kappa shape index (κ1) is 21.5. The molecule has 0 aliphatic carbocycles. The second kappa shape index (κ2) is 10.5. The molecular formula is C23H28N2O5. The van der Waals surface area contributed by atoms with Gasteiger partial charge in [0.25, 0.3) is 0 Å². The maximum absolute atomic E-state index is 12.5. The molecule has 2 amide bonds. The Kier molecular flexibility index (Phi) is 7.54. The summed E-state index contributed by atoms with van der Waals surface area (Å²) in [4.78, 5) is 28.3. The van der Waals surface area contributed by atoms with Gasteiger partial charge in [-0.15, -0.1) is 0 Å². The normalized spacial score (nSPS) is 14.3. The fourth-order valence-corrected chi connectivity index (χ4v) is 3.35. The van der Waals surface area contributed by atoms with Crippen LogP contribution in [-0.4, -0.2) is 48.3 Å². The van der Waals surface area contributed by atoms with Gasteiger partial charge >= 0.3 is 12.2 Å². The number of hydrogen-bond acceptors (Lipinski definition) is 5. The summed E-state index contributed by atoms with van der Waals surface area (Å²) in [5.41, 5.74) is 1.78. The second-order valence-corrected chi connectivity index (χ2v) is 6.91. The molecule has 2 aromatic carbocycles. The minimum Gasteiger partial charge on any atom is -0.457 e. The van der Waals surface area contributed by atoms with Crippen molar-refractivity contribution in [3.63, 3.8) is 0 Å². The summed E-state index contributed by atoms with van der Waals surface area (Å²) in [5, 5.41) is 0. The molecule has 0 radical (unpaired) electrons. The number of nitrogens with zero attached hydrogens (tertiary/aromatic N) is 2. The lowest BCUT2D eigenvalue weighted by Crippen LogP contribution is -2.37. The van der Waals surface area contributed by atoms with Crippen LogP contribution >= 0.6 is 0 Å². The maximum Gasteiger partial charge on any atom is 0.410 e. The van der Waals surface area contributed by atoms with E-state index in [1.165, 1.54) is 0 Å². The molecule has 1 aliphatic heterocycles. The number of carbonyl (C=O) groups is 2. The van der Waals surface area contributed by atoms with Crippen molar-refractivity contribution in [1.82, 2.24) is 9.80 Å². The van der Waals surface area contributed by atoms with Crippen LogP contribution in [0.4, 0.5) is 9.59 Å². The molecule has 0 fully saturated rings. The quantitative estimate of drug-likeness (QED) is 0.709. The van der Waals surface area contributed by atoms with Crippen molar-refractivity contribution >= 4 is 12.2 Å². The van der Waals surface area contributed by atoms with E-state index in [0.29, 0.717) is 57.3 Å². The van der Waals surface area contributed by atoms with Crippen molar-refractivity contribution in [1.29, 1.82) is 0 Å². The van der Waals surface area contributed by atoms with Gasteiger partial charge in [-0.1, -0.05) is 36.4 Å². The van der Waals surface area contributed by atoms with Gasteiger partial charge in [0.2, 0.25) is 0 Å². The van der Waals surface area contributed by atoms with Crippen LogP contribution in [0.3, 0.4) is 0 Å². The predicted molar refractivity (Wildman–Crippen MR) is 112 cm³/mol. The molecule has 1 aliphatic rings. The molecule has 0 saturated carbocycles. The van der Waals surface area contributed by atoms with E-state index < -0.39 is 0 Å². The van der Waals surface area contributed by atoms with Gasteiger partial charge in [-0.05, 0) is 32.4 Å². The highest BCUT2D eigenvalue weighted by Gasteiger charge is 2.22. The van der Waals surface area contributed by atoms with Gasteiger partial charge in [-0.25, -0.2) is 9.59 Å². The number of para-hydroxylation sites is 2.